The molecule has 0 saturated carbocycles. The summed E-state index contributed by atoms with van der Waals surface area (Å²) in [6.45, 7) is 0.995. The van der Waals surface area contributed by atoms with Gasteiger partial charge in [-0.3, -0.25) is 25.2 Å². The first-order valence-corrected chi connectivity index (χ1v) is 9.58. The summed E-state index contributed by atoms with van der Waals surface area (Å²) in [4.78, 5) is 38.8. The lowest BCUT2D eigenvalue weighted by Gasteiger charge is -2.32. The summed E-state index contributed by atoms with van der Waals surface area (Å²) in [6.07, 6.45) is 1.75. The van der Waals surface area contributed by atoms with E-state index in [-0.39, 0.29) is 17.7 Å². The number of likely N-dealkylation sites (tertiary alicyclic amines) is 1. The number of amides is 3. The topological polar surface area (TPSA) is 78.5 Å². The van der Waals surface area contributed by atoms with Gasteiger partial charge in [0.15, 0.2) is 0 Å². The van der Waals surface area contributed by atoms with Crippen molar-refractivity contribution in [1.29, 1.82) is 0 Å². The Labute approximate surface area is 168 Å². The molecule has 2 aromatic rings. The largest absolute Gasteiger partial charge is 0.342 e. The number of halogens is 1. The molecule has 1 fully saturated rings. The monoisotopic (exact) mass is 399 g/mol. The Morgan fingerprint density at radius 1 is 1.04 bits per heavy atom. The van der Waals surface area contributed by atoms with Crippen LogP contribution >= 0.6 is 11.6 Å². The van der Waals surface area contributed by atoms with Crippen molar-refractivity contribution in [2.24, 2.45) is 5.92 Å². The van der Waals surface area contributed by atoms with Gasteiger partial charge in [0.1, 0.15) is 0 Å². The van der Waals surface area contributed by atoms with Crippen molar-refractivity contribution in [3.05, 3.63) is 70.7 Å². The molecule has 0 radical (unpaired) electrons. The molecule has 1 aliphatic heterocycles. The SMILES string of the molecule is O=C(NNC(=O)C1CCCN(C(=O)Cc2ccccc2)C1)c1cccc(Cl)c1. The first-order chi connectivity index (χ1) is 13.5. The molecule has 0 bridgehead atoms. The Bertz CT molecular complexity index is 857. The van der Waals surface area contributed by atoms with Crippen molar-refractivity contribution in [2.75, 3.05) is 13.1 Å². The van der Waals surface area contributed by atoms with E-state index in [1.165, 1.54) is 6.07 Å². The summed E-state index contributed by atoms with van der Waals surface area (Å²) >= 11 is 5.87. The van der Waals surface area contributed by atoms with Gasteiger partial charge >= 0.3 is 0 Å². The average Bonchev–Trinajstić information content (AvgIpc) is 2.72. The Balaban J connectivity index is 1.51. The van der Waals surface area contributed by atoms with Crippen molar-refractivity contribution in [3.8, 4) is 0 Å². The molecule has 1 heterocycles. The van der Waals surface area contributed by atoms with Crippen LogP contribution in [-0.2, 0) is 16.0 Å². The predicted molar refractivity (Wildman–Crippen MR) is 107 cm³/mol. The van der Waals surface area contributed by atoms with Gasteiger partial charge in [-0.05, 0) is 36.6 Å². The minimum absolute atomic E-state index is 0.00617. The molecule has 2 N–H and O–H groups in total. The van der Waals surface area contributed by atoms with E-state index in [0.29, 0.717) is 36.5 Å². The van der Waals surface area contributed by atoms with E-state index in [9.17, 15) is 14.4 Å². The first kappa shape index (κ1) is 19.9. The van der Waals surface area contributed by atoms with Crippen LogP contribution in [0.1, 0.15) is 28.8 Å². The molecule has 28 heavy (non-hydrogen) atoms. The number of rotatable bonds is 4. The number of nitrogens with one attached hydrogen (secondary N) is 2. The average molecular weight is 400 g/mol. The van der Waals surface area contributed by atoms with Crippen LogP contribution in [0.4, 0.5) is 0 Å². The van der Waals surface area contributed by atoms with E-state index in [4.69, 9.17) is 11.6 Å². The highest BCUT2D eigenvalue weighted by Crippen LogP contribution is 2.18. The highest BCUT2D eigenvalue weighted by molar-refractivity contribution is 6.30. The maximum atomic E-state index is 12.5. The lowest BCUT2D eigenvalue weighted by Crippen LogP contribution is -2.50. The number of piperidine rings is 1. The maximum Gasteiger partial charge on any atom is 0.269 e. The van der Waals surface area contributed by atoms with Crippen LogP contribution in [0.5, 0.6) is 0 Å². The van der Waals surface area contributed by atoms with Crippen LogP contribution in [-0.4, -0.2) is 35.7 Å². The third-order valence-electron chi connectivity index (χ3n) is 4.73. The maximum absolute atomic E-state index is 12.5. The highest BCUT2D eigenvalue weighted by atomic mass is 35.5. The molecule has 3 rings (SSSR count). The van der Waals surface area contributed by atoms with Gasteiger partial charge in [0.2, 0.25) is 11.8 Å². The zero-order valence-corrected chi connectivity index (χ0v) is 16.1. The van der Waals surface area contributed by atoms with Crippen LogP contribution in [0.2, 0.25) is 5.02 Å². The van der Waals surface area contributed by atoms with Crippen LogP contribution in [0, 0.1) is 5.92 Å². The van der Waals surface area contributed by atoms with Crippen LogP contribution in [0.15, 0.2) is 54.6 Å². The van der Waals surface area contributed by atoms with Gasteiger partial charge in [-0.25, -0.2) is 0 Å². The lowest BCUT2D eigenvalue weighted by molar-refractivity contribution is -0.135. The number of hydrazine groups is 1. The predicted octanol–water partition coefficient (Wildman–Crippen LogP) is 2.58. The van der Waals surface area contributed by atoms with Crippen molar-refractivity contribution in [2.45, 2.75) is 19.3 Å². The Kier molecular flexibility index (Phi) is 6.66. The fourth-order valence-electron chi connectivity index (χ4n) is 3.22. The number of carbonyl (C=O) groups is 3. The normalized spacial score (nSPS) is 16.3. The minimum Gasteiger partial charge on any atom is -0.342 e. The van der Waals surface area contributed by atoms with E-state index < -0.39 is 5.91 Å². The Morgan fingerprint density at radius 2 is 1.82 bits per heavy atom. The summed E-state index contributed by atoms with van der Waals surface area (Å²) < 4.78 is 0. The van der Waals surface area contributed by atoms with Crippen LogP contribution in [0.25, 0.3) is 0 Å². The van der Waals surface area contributed by atoms with E-state index in [2.05, 4.69) is 10.9 Å². The number of benzene rings is 2. The Hall–Kier alpha value is -2.86. The molecule has 1 aliphatic rings. The molecular formula is C21H22ClN3O3. The molecule has 0 aromatic heterocycles. The molecule has 0 spiro atoms. The van der Waals surface area contributed by atoms with E-state index in [0.717, 1.165) is 12.0 Å². The van der Waals surface area contributed by atoms with E-state index in [1.54, 1.807) is 23.1 Å². The second-order valence-electron chi connectivity index (χ2n) is 6.80. The van der Waals surface area contributed by atoms with E-state index >= 15 is 0 Å². The summed E-state index contributed by atoms with van der Waals surface area (Å²) in [5, 5.41) is 0.443. The third kappa shape index (κ3) is 5.33. The van der Waals surface area contributed by atoms with Gasteiger partial charge in [-0.15, -0.1) is 0 Å². The van der Waals surface area contributed by atoms with Gasteiger partial charge in [-0.2, -0.15) is 0 Å². The fraction of sp³-hybridized carbons (Fsp3) is 0.286. The van der Waals surface area contributed by atoms with Crippen LogP contribution < -0.4 is 10.9 Å². The quantitative estimate of drug-likeness (QED) is 0.775. The number of hydrogen-bond donors (Lipinski definition) is 2. The van der Waals surface area contributed by atoms with Gasteiger partial charge in [-0.1, -0.05) is 48.0 Å². The molecule has 7 heteroatoms. The summed E-state index contributed by atoms with van der Waals surface area (Å²) in [7, 11) is 0. The second kappa shape index (κ2) is 9.37. The molecule has 6 nitrogen and oxygen atoms in total. The molecular weight excluding hydrogens is 378 g/mol. The molecule has 1 unspecified atom stereocenters. The lowest BCUT2D eigenvalue weighted by atomic mass is 9.97. The van der Waals surface area contributed by atoms with Crippen molar-refractivity contribution in [1.82, 2.24) is 15.8 Å². The summed E-state index contributed by atoms with van der Waals surface area (Å²) in [5.41, 5.74) is 6.18. The highest BCUT2D eigenvalue weighted by Gasteiger charge is 2.28. The van der Waals surface area contributed by atoms with Gasteiger partial charge in [0, 0.05) is 23.7 Å². The molecule has 2 aromatic carbocycles. The standard InChI is InChI=1S/C21H22ClN3O3/c22-18-10-4-8-16(13-18)20(27)23-24-21(28)17-9-5-11-25(14-17)19(26)12-15-6-2-1-3-7-15/h1-4,6-8,10,13,17H,5,9,11-12,14H2,(H,23,27)(H,24,28). The zero-order chi connectivity index (χ0) is 19.9. The molecule has 146 valence electrons. The molecule has 1 atom stereocenters. The molecule has 3 amide bonds. The van der Waals surface area contributed by atoms with Gasteiger partial charge < -0.3 is 4.90 Å². The molecule has 1 saturated heterocycles. The Morgan fingerprint density at radius 3 is 2.57 bits per heavy atom. The summed E-state index contributed by atoms with van der Waals surface area (Å²) in [5.74, 6) is -1.09. The fourth-order valence-corrected chi connectivity index (χ4v) is 3.41. The van der Waals surface area contributed by atoms with Gasteiger partial charge in [0.25, 0.3) is 5.91 Å². The number of carbonyl (C=O) groups excluding carboxylic acids is 3. The minimum atomic E-state index is -0.441. The van der Waals surface area contributed by atoms with Crippen molar-refractivity contribution in [3.63, 3.8) is 0 Å². The first-order valence-electron chi connectivity index (χ1n) is 9.20. The molecule has 0 aliphatic carbocycles. The van der Waals surface area contributed by atoms with Crippen LogP contribution in [0.3, 0.4) is 0 Å². The summed E-state index contributed by atoms with van der Waals surface area (Å²) in [6, 6.07) is 16.0. The van der Waals surface area contributed by atoms with Crippen molar-refractivity contribution >= 4 is 29.3 Å². The van der Waals surface area contributed by atoms with E-state index in [1.807, 2.05) is 30.3 Å². The zero-order valence-electron chi connectivity index (χ0n) is 15.4. The third-order valence-corrected chi connectivity index (χ3v) is 4.96. The van der Waals surface area contributed by atoms with Crippen molar-refractivity contribution < 1.29 is 14.4 Å². The second-order valence-corrected chi connectivity index (χ2v) is 7.23. The van der Waals surface area contributed by atoms with Gasteiger partial charge in [0.05, 0.1) is 12.3 Å². The number of nitrogens with zero attached hydrogens (tertiary/aromatic N) is 1. The smallest absolute Gasteiger partial charge is 0.269 e. The number of hydrogen-bond acceptors (Lipinski definition) is 3.